The van der Waals surface area contributed by atoms with Crippen molar-refractivity contribution in [2.75, 3.05) is 25.6 Å². The van der Waals surface area contributed by atoms with Gasteiger partial charge in [-0.1, -0.05) is 6.07 Å². The lowest BCUT2D eigenvalue weighted by atomic mass is 10.2. The summed E-state index contributed by atoms with van der Waals surface area (Å²) in [4.78, 5) is 13.3. The Balaban J connectivity index is 1.92. The number of nitrogens with two attached hydrogens (primary N) is 1. The number of rotatable bonds is 7. The van der Waals surface area contributed by atoms with Crippen LogP contribution in [-0.4, -0.2) is 38.7 Å². The molecular weight excluding hydrogens is 242 g/mol. The van der Waals surface area contributed by atoms with E-state index in [4.69, 9.17) is 10.5 Å². The molecule has 0 saturated heterocycles. The number of anilines is 1. The number of ether oxygens (including phenoxy) is 1. The Morgan fingerprint density at radius 2 is 2.26 bits per heavy atom. The maximum Gasteiger partial charge on any atom is 0.238 e. The van der Waals surface area contributed by atoms with Crippen LogP contribution in [0.4, 0.5) is 5.69 Å². The van der Waals surface area contributed by atoms with Crippen molar-refractivity contribution in [2.24, 2.45) is 5.73 Å². The maximum atomic E-state index is 11.3. The summed E-state index contributed by atoms with van der Waals surface area (Å²) in [6.45, 7) is 0.267. The van der Waals surface area contributed by atoms with E-state index in [1.807, 2.05) is 43.3 Å². The molecule has 0 aromatic heterocycles. The predicted molar refractivity (Wildman–Crippen MR) is 75.4 cm³/mol. The van der Waals surface area contributed by atoms with Crippen LogP contribution in [-0.2, 0) is 4.79 Å². The third kappa shape index (κ3) is 4.13. The Hall–Kier alpha value is -1.75. The van der Waals surface area contributed by atoms with Crippen LogP contribution in [0.5, 0.6) is 5.75 Å². The third-order valence-corrected chi connectivity index (χ3v) is 3.11. The number of primary amides is 1. The van der Waals surface area contributed by atoms with Gasteiger partial charge in [-0.25, -0.2) is 0 Å². The van der Waals surface area contributed by atoms with Crippen LogP contribution in [0.1, 0.15) is 12.8 Å². The molecule has 1 atom stereocenters. The van der Waals surface area contributed by atoms with Crippen LogP contribution in [0, 0.1) is 0 Å². The van der Waals surface area contributed by atoms with Crippen LogP contribution in [0.3, 0.4) is 0 Å². The SMILES string of the molecule is CN(C)c1cccc(OCC(NC2CC2)C(N)=O)c1. The molecule has 1 unspecified atom stereocenters. The van der Waals surface area contributed by atoms with Crippen molar-refractivity contribution < 1.29 is 9.53 Å². The monoisotopic (exact) mass is 263 g/mol. The highest BCUT2D eigenvalue weighted by atomic mass is 16.5. The highest BCUT2D eigenvalue weighted by molar-refractivity contribution is 5.80. The molecule has 0 spiro atoms. The lowest BCUT2D eigenvalue weighted by molar-refractivity contribution is -0.120. The highest BCUT2D eigenvalue weighted by Crippen LogP contribution is 2.21. The molecule has 0 radical (unpaired) electrons. The van der Waals surface area contributed by atoms with Crippen LogP contribution in [0.2, 0.25) is 0 Å². The van der Waals surface area contributed by atoms with Crippen molar-refractivity contribution in [3.8, 4) is 5.75 Å². The topological polar surface area (TPSA) is 67.6 Å². The molecule has 0 aliphatic heterocycles. The van der Waals surface area contributed by atoms with Crippen LogP contribution < -0.4 is 20.7 Å². The molecular formula is C14H21N3O2. The van der Waals surface area contributed by atoms with E-state index in [0.717, 1.165) is 24.3 Å². The molecule has 1 aromatic carbocycles. The summed E-state index contributed by atoms with van der Waals surface area (Å²) < 4.78 is 5.66. The molecule has 0 bridgehead atoms. The molecule has 5 nitrogen and oxygen atoms in total. The Morgan fingerprint density at radius 1 is 1.53 bits per heavy atom. The molecule has 1 saturated carbocycles. The fourth-order valence-corrected chi connectivity index (χ4v) is 1.78. The normalized spacial score (nSPS) is 15.9. The Kier molecular flexibility index (Phi) is 4.27. The zero-order chi connectivity index (χ0) is 13.8. The molecule has 104 valence electrons. The number of amides is 1. The standard InChI is InChI=1S/C14H21N3O2/c1-17(2)11-4-3-5-12(8-11)19-9-13(14(15)18)16-10-6-7-10/h3-5,8,10,13,16H,6-7,9H2,1-2H3,(H2,15,18). The number of carbonyl (C=O) groups is 1. The Labute approximate surface area is 113 Å². The molecule has 1 aliphatic rings. The van der Waals surface area contributed by atoms with E-state index in [2.05, 4.69) is 5.32 Å². The van der Waals surface area contributed by atoms with Gasteiger partial charge in [0.1, 0.15) is 18.4 Å². The van der Waals surface area contributed by atoms with Crippen molar-refractivity contribution in [2.45, 2.75) is 24.9 Å². The van der Waals surface area contributed by atoms with Crippen LogP contribution in [0.15, 0.2) is 24.3 Å². The van der Waals surface area contributed by atoms with Crippen LogP contribution >= 0.6 is 0 Å². The highest BCUT2D eigenvalue weighted by Gasteiger charge is 2.27. The summed E-state index contributed by atoms with van der Waals surface area (Å²) >= 11 is 0. The Morgan fingerprint density at radius 3 is 2.84 bits per heavy atom. The van der Waals surface area contributed by atoms with E-state index in [-0.39, 0.29) is 12.5 Å². The largest absolute Gasteiger partial charge is 0.491 e. The molecule has 2 rings (SSSR count). The number of carbonyl (C=O) groups excluding carboxylic acids is 1. The lowest BCUT2D eigenvalue weighted by Crippen LogP contribution is -2.46. The summed E-state index contributed by atoms with van der Waals surface area (Å²) in [7, 11) is 3.94. The zero-order valence-electron chi connectivity index (χ0n) is 11.4. The molecule has 5 heteroatoms. The molecule has 0 heterocycles. The van der Waals surface area contributed by atoms with Gasteiger partial charge in [0.2, 0.25) is 5.91 Å². The molecule has 1 aliphatic carbocycles. The predicted octanol–water partition coefficient (Wildman–Crippen LogP) is 0.737. The van der Waals surface area contributed by atoms with Gasteiger partial charge in [-0.05, 0) is 25.0 Å². The zero-order valence-corrected chi connectivity index (χ0v) is 11.4. The minimum Gasteiger partial charge on any atom is -0.491 e. The van der Waals surface area contributed by atoms with Gasteiger partial charge >= 0.3 is 0 Å². The summed E-state index contributed by atoms with van der Waals surface area (Å²) in [5, 5.41) is 3.19. The maximum absolute atomic E-state index is 11.3. The molecule has 1 amide bonds. The van der Waals surface area contributed by atoms with E-state index >= 15 is 0 Å². The van der Waals surface area contributed by atoms with Gasteiger partial charge in [0.05, 0.1) is 0 Å². The summed E-state index contributed by atoms with van der Waals surface area (Å²) in [6, 6.07) is 7.75. The third-order valence-electron chi connectivity index (χ3n) is 3.11. The first kappa shape index (κ1) is 13.7. The number of benzene rings is 1. The van der Waals surface area contributed by atoms with Gasteiger partial charge in [-0.15, -0.1) is 0 Å². The van der Waals surface area contributed by atoms with E-state index in [0.29, 0.717) is 6.04 Å². The summed E-state index contributed by atoms with van der Waals surface area (Å²) in [5.41, 5.74) is 6.42. The lowest BCUT2D eigenvalue weighted by Gasteiger charge is -2.17. The molecule has 19 heavy (non-hydrogen) atoms. The summed E-state index contributed by atoms with van der Waals surface area (Å²) in [5.74, 6) is 0.380. The fourth-order valence-electron chi connectivity index (χ4n) is 1.78. The van der Waals surface area contributed by atoms with Gasteiger partial charge in [-0.3, -0.25) is 4.79 Å². The second kappa shape index (κ2) is 5.93. The van der Waals surface area contributed by atoms with E-state index in [9.17, 15) is 4.79 Å². The fraction of sp³-hybridized carbons (Fsp3) is 0.500. The summed E-state index contributed by atoms with van der Waals surface area (Å²) in [6.07, 6.45) is 2.22. The number of hydrogen-bond donors (Lipinski definition) is 2. The van der Waals surface area contributed by atoms with Gasteiger partial charge in [-0.2, -0.15) is 0 Å². The van der Waals surface area contributed by atoms with E-state index in [1.165, 1.54) is 0 Å². The number of hydrogen-bond acceptors (Lipinski definition) is 4. The van der Waals surface area contributed by atoms with Crippen molar-refractivity contribution in [1.82, 2.24) is 5.32 Å². The minimum absolute atomic E-state index is 0.267. The van der Waals surface area contributed by atoms with Gasteiger partial charge in [0.25, 0.3) is 0 Å². The molecule has 1 fully saturated rings. The minimum atomic E-state index is -0.421. The Bertz CT molecular complexity index is 444. The number of nitrogens with one attached hydrogen (secondary N) is 1. The average molecular weight is 263 g/mol. The van der Waals surface area contributed by atoms with Crippen molar-refractivity contribution in [3.63, 3.8) is 0 Å². The quantitative estimate of drug-likeness (QED) is 0.761. The second-order valence-corrected chi connectivity index (χ2v) is 5.10. The second-order valence-electron chi connectivity index (χ2n) is 5.10. The van der Waals surface area contributed by atoms with E-state index in [1.54, 1.807) is 0 Å². The smallest absolute Gasteiger partial charge is 0.238 e. The first-order chi connectivity index (χ1) is 9.06. The average Bonchev–Trinajstić information content (AvgIpc) is 3.18. The van der Waals surface area contributed by atoms with Gasteiger partial charge in [0.15, 0.2) is 0 Å². The van der Waals surface area contributed by atoms with Gasteiger partial charge < -0.3 is 20.7 Å². The number of nitrogens with zero attached hydrogens (tertiary/aromatic N) is 1. The van der Waals surface area contributed by atoms with E-state index < -0.39 is 6.04 Å². The first-order valence-electron chi connectivity index (χ1n) is 6.52. The first-order valence-corrected chi connectivity index (χ1v) is 6.52. The molecule has 3 N–H and O–H groups in total. The van der Waals surface area contributed by atoms with Crippen molar-refractivity contribution in [1.29, 1.82) is 0 Å². The van der Waals surface area contributed by atoms with Crippen LogP contribution in [0.25, 0.3) is 0 Å². The van der Waals surface area contributed by atoms with Gasteiger partial charge in [0, 0.05) is 31.9 Å². The van der Waals surface area contributed by atoms with Crippen molar-refractivity contribution >= 4 is 11.6 Å². The molecule has 1 aromatic rings. The van der Waals surface area contributed by atoms with Crippen molar-refractivity contribution in [3.05, 3.63) is 24.3 Å².